The molecule has 22 heavy (non-hydrogen) atoms. The first-order valence-corrected chi connectivity index (χ1v) is 8.71. The number of rotatable bonds is 4. The van der Waals surface area contributed by atoms with Crippen LogP contribution in [0.5, 0.6) is 0 Å². The zero-order chi connectivity index (χ0) is 15.4. The van der Waals surface area contributed by atoms with Crippen LogP contribution in [0, 0.1) is 11.8 Å². The van der Waals surface area contributed by atoms with Crippen LogP contribution in [0.4, 0.5) is 0 Å². The molecule has 2 aliphatic rings. The fourth-order valence-corrected chi connectivity index (χ4v) is 3.77. The van der Waals surface area contributed by atoms with Crippen LogP contribution in [0.15, 0.2) is 0 Å². The molecule has 0 aromatic rings. The van der Waals surface area contributed by atoms with Gasteiger partial charge in [-0.05, 0) is 70.4 Å². The molecule has 0 radical (unpaired) electrons. The number of nitrogens with two attached hydrogens (primary N) is 1. The predicted octanol–water partition coefficient (Wildman–Crippen LogP) is 2.50. The Morgan fingerprint density at radius 3 is 2.23 bits per heavy atom. The zero-order valence-electron chi connectivity index (χ0n) is 14.5. The Labute approximate surface area is 142 Å². The molecule has 1 saturated carbocycles. The lowest BCUT2D eigenvalue weighted by molar-refractivity contribution is -0.134. The minimum Gasteiger partial charge on any atom is -0.342 e. The average molecular weight is 332 g/mol. The molecule has 130 valence electrons. The number of carbonyl (C=O) groups excluding carboxylic acids is 1. The van der Waals surface area contributed by atoms with Crippen LogP contribution in [0.3, 0.4) is 0 Å². The summed E-state index contributed by atoms with van der Waals surface area (Å²) in [6.07, 6.45) is 7.15. The summed E-state index contributed by atoms with van der Waals surface area (Å²) in [6.45, 7) is 7.05. The van der Waals surface area contributed by atoms with Crippen LogP contribution in [0.1, 0.15) is 52.4 Å². The summed E-state index contributed by atoms with van der Waals surface area (Å²) in [5.41, 5.74) is 5.98. The summed E-state index contributed by atoms with van der Waals surface area (Å²) >= 11 is 0. The van der Waals surface area contributed by atoms with Crippen molar-refractivity contribution in [1.29, 1.82) is 0 Å². The highest BCUT2D eigenvalue weighted by Crippen LogP contribution is 2.26. The van der Waals surface area contributed by atoms with Crippen molar-refractivity contribution in [2.75, 3.05) is 26.7 Å². The van der Waals surface area contributed by atoms with Crippen molar-refractivity contribution in [2.45, 2.75) is 64.5 Å². The molecule has 1 aliphatic heterocycles. The van der Waals surface area contributed by atoms with Gasteiger partial charge in [0.15, 0.2) is 0 Å². The molecule has 0 aromatic heterocycles. The second kappa shape index (κ2) is 9.09. The fraction of sp³-hybridized carbons (Fsp3) is 0.941. The summed E-state index contributed by atoms with van der Waals surface area (Å²) in [4.78, 5) is 16.8. The highest BCUT2D eigenvalue weighted by Gasteiger charge is 2.27. The maximum absolute atomic E-state index is 12.5. The van der Waals surface area contributed by atoms with Gasteiger partial charge in [-0.3, -0.25) is 9.69 Å². The van der Waals surface area contributed by atoms with E-state index in [9.17, 15) is 4.79 Å². The number of hydrogen-bond donors (Lipinski definition) is 1. The first-order chi connectivity index (χ1) is 9.97. The molecule has 1 amide bonds. The normalized spacial score (nSPS) is 28.7. The first-order valence-electron chi connectivity index (χ1n) is 8.71. The number of piperidine rings is 1. The Morgan fingerprint density at radius 2 is 1.73 bits per heavy atom. The maximum atomic E-state index is 12.5. The standard InChI is InChI=1S/C17H33N3O.ClH/c1-13-4-6-16(7-5-13)19(3)17(21)12-20-10-8-15(9-11-20)14(2)18;/h13-16H,4-12,18H2,1-3H3;1H. The van der Waals surface area contributed by atoms with Gasteiger partial charge < -0.3 is 10.6 Å². The van der Waals surface area contributed by atoms with E-state index in [-0.39, 0.29) is 18.4 Å². The van der Waals surface area contributed by atoms with Crippen LogP contribution in [0.2, 0.25) is 0 Å². The summed E-state index contributed by atoms with van der Waals surface area (Å²) < 4.78 is 0. The highest BCUT2D eigenvalue weighted by atomic mass is 35.5. The Bertz CT molecular complexity index is 335. The molecule has 0 bridgehead atoms. The van der Waals surface area contributed by atoms with E-state index < -0.39 is 0 Å². The van der Waals surface area contributed by atoms with Crippen molar-refractivity contribution < 1.29 is 4.79 Å². The number of likely N-dealkylation sites (tertiary alicyclic amines) is 1. The molecule has 2 rings (SSSR count). The highest BCUT2D eigenvalue weighted by molar-refractivity contribution is 5.85. The molecule has 4 nitrogen and oxygen atoms in total. The van der Waals surface area contributed by atoms with Crippen molar-refractivity contribution >= 4 is 18.3 Å². The van der Waals surface area contributed by atoms with Crippen LogP contribution < -0.4 is 5.73 Å². The quantitative estimate of drug-likeness (QED) is 0.861. The third-order valence-corrected chi connectivity index (χ3v) is 5.66. The van der Waals surface area contributed by atoms with Gasteiger partial charge in [0.25, 0.3) is 0 Å². The third kappa shape index (κ3) is 5.39. The maximum Gasteiger partial charge on any atom is 0.236 e. The lowest BCUT2D eigenvalue weighted by Crippen LogP contribution is -2.47. The summed E-state index contributed by atoms with van der Waals surface area (Å²) in [6, 6.07) is 0.755. The second-order valence-electron chi connectivity index (χ2n) is 7.39. The first kappa shape index (κ1) is 19.7. The summed E-state index contributed by atoms with van der Waals surface area (Å²) in [7, 11) is 2.00. The van der Waals surface area contributed by atoms with Gasteiger partial charge in [0.1, 0.15) is 0 Å². The number of hydrogen-bond acceptors (Lipinski definition) is 3. The Hall–Kier alpha value is -0.320. The van der Waals surface area contributed by atoms with E-state index in [1.165, 1.54) is 25.7 Å². The van der Waals surface area contributed by atoms with E-state index in [0.29, 0.717) is 24.4 Å². The molecule has 2 N–H and O–H groups in total. The number of likely N-dealkylation sites (N-methyl/N-ethyl adjacent to an activating group) is 1. The van der Waals surface area contributed by atoms with E-state index in [2.05, 4.69) is 18.7 Å². The molecule has 1 atom stereocenters. The Kier molecular flexibility index (Phi) is 8.15. The third-order valence-electron chi connectivity index (χ3n) is 5.66. The zero-order valence-corrected chi connectivity index (χ0v) is 15.3. The van der Waals surface area contributed by atoms with E-state index in [1.54, 1.807) is 0 Å². The lowest BCUT2D eigenvalue weighted by atomic mass is 9.86. The van der Waals surface area contributed by atoms with Crippen LogP contribution in [-0.4, -0.2) is 54.5 Å². The van der Waals surface area contributed by atoms with Gasteiger partial charge in [-0.1, -0.05) is 6.92 Å². The van der Waals surface area contributed by atoms with Crippen LogP contribution >= 0.6 is 12.4 Å². The predicted molar refractivity (Wildman–Crippen MR) is 94.3 cm³/mol. The van der Waals surface area contributed by atoms with E-state index in [4.69, 9.17) is 5.73 Å². The molecule has 1 unspecified atom stereocenters. The minimum absolute atomic E-state index is 0. The van der Waals surface area contributed by atoms with Crippen LogP contribution in [-0.2, 0) is 4.79 Å². The Balaban J connectivity index is 0.00000242. The SMILES string of the molecule is CC1CCC(N(C)C(=O)CN2CCC(C(C)N)CC2)CC1.Cl. The molecule has 2 fully saturated rings. The monoisotopic (exact) mass is 331 g/mol. The molecule has 0 spiro atoms. The second-order valence-corrected chi connectivity index (χ2v) is 7.39. The fourth-order valence-electron chi connectivity index (χ4n) is 3.77. The number of amides is 1. The van der Waals surface area contributed by atoms with Gasteiger partial charge in [-0.15, -0.1) is 12.4 Å². The minimum atomic E-state index is 0. The van der Waals surface area contributed by atoms with Crippen molar-refractivity contribution in [3.63, 3.8) is 0 Å². The van der Waals surface area contributed by atoms with E-state index >= 15 is 0 Å². The van der Waals surface area contributed by atoms with E-state index in [0.717, 1.165) is 31.8 Å². The number of carbonyl (C=O) groups is 1. The number of halogens is 1. The van der Waals surface area contributed by atoms with Crippen molar-refractivity contribution in [3.05, 3.63) is 0 Å². The van der Waals surface area contributed by atoms with E-state index in [1.807, 2.05) is 11.9 Å². The van der Waals surface area contributed by atoms with Crippen LogP contribution in [0.25, 0.3) is 0 Å². The molecule has 1 aliphatic carbocycles. The Morgan fingerprint density at radius 1 is 1.18 bits per heavy atom. The number of nitrogens with zero attached hydrogens (tertiary/aromatic N) is 2. The van der Waals surface area contributed by atoms with Gasteiger partial charge in [-0.25, -0.2) is 0 Å². The summed E-state index contributed by atoms with van der Waals surface area (Å²) in [5.74, 6) is 1.77. The van der Waals surface area contributed by atoms with Crippen molar-refractivity contribution in [2.24, 2.45) is 17.6 Å². The van der Waals surface area contributed by atoms with Gasteiger partial charge in [0.2, 0.25) is 5.91 Å². The molecule has 5 heteroatoms. The molecular formula is C17H34ClN3O. The lowest BCUT2D eigenvalue weighted by Gasteiger charge is -2.37. The molecule has 1 saturated heterocycles. The molecule has 1 heterocycles. The summed E-state index contributed by atoms with van der Waals surface area (Å²) in [5, 5.41) is 0. The van der Waals surface area contributed by atoms with Crippen molar-refractivity contribution in [1.82, 2.24) is 9.80 Å². The smallest absolute Gasteiger partial charge is 0.236 e. The van der Waals surface area contributed by atoms with Gasteiger partial charge in [0, 0.05) is 19.1 Å². The largest absolute Gasteiger partial charge is 0.342 e. The average Bonchev–Trinajstić information content (AvgIpc) is 2.47. The van der Waals surface area contributed by atoms with Gasteiger partial charge in [0.05, 0.1) is 6.54 Å². The molecular weight excluding hydrogens is 298 g/mol. The van der Waals surface area contributed by atoms with Crippen molar-refractivity contribution in [3.8, 4) is 0 Å². The van der Waals surface area contributed by atoms with Gasteiger partial charge in [-0.2, -0.15) is 0 Å². The topological polar surface area (TPSA) is 49.6 Å². The van der Waals surface area contributed by atoms with Gasteiger partial charge >= 0.3 is 0 Å². The molecule has 0 aromatic carbocycles.